The largest absolute Gasteiger partial charge is 0.461 e. The van der Waals surface area contributed by atoms with Crippen LogP contribution in [0.3, 0.4) is 0 Å². The van der Waals surface area contributed by atoms with Crippen LogP contribution in [0, 0.1) is 5.82 Å². The third-order valence-electron chi connectivity index (χ3n) is 11.0. The lowest BCUT2D eigenvalue weighted by Crippen LogP contribution is -2.60. The molecule has 0 unspecified atom stereocenters. The minimum absolute atomic E-state index is 0.0315. The molecule has 3 atom stereocenters. The van der Waals surface area contributed by atoms with Gasteiger partial charge in [0.1, 0.15) is 23.6 Å². The number of fused-ring (bicyclic) bond motifs is 5. The molecule has 47 heavy (non-hydrogen) atoms. The van der Waals surface area contributed by atoms with Gasteiger partial charge in [-0.2, -0.15) is 9.97 Å². The van der Waals surface area contributed by atoms with Gasteiger partial charge in [0.05, 0.1) is 17.3 Å². The second kappa shape index (κ2) is 11.0. The number of carbonyl (C=O) groups excluding carboxylic acids is 2. The fourth-order valence-corrected chi connectivity index (χ4v) is 8.99. The zero-order chi connectivity index (χ0) is 31.9. The van der Waals surface area contributed by atoms with Gasteiger partial charge in [-0.05, 0) is 63.1 Å². The molecule has 5 aliphatic heterocycles. The van der Waals surface area contributed by atoms with E-state index in [2.05, 4.69) is 14.8 Å². The summed E-state index contributed by atoms with van der Waals surface area (Å²) in [5.74, 6) is -0.484. The number of piperazine rings is 1. The fourth-order valence-electron chi connectivity index (χ4n) is 8.71. The molecule has 10 nitrogen and oxygen atoms in total. The van der Waals surface area contributed by atoms with Crippen molar-refractivity contribution >= 4 is 51.0 Å². The van der Waals surface area contributed by atoms with E-state index in [4.69, 9.17) is 31.0 Å². The van der Waals surface area contributed by atoms with E-state index in [1.807, 2.05) is 35.2 Å². The van der Waals surface area contributed by atoms with Gasteiger partial charge in [0.2, 0.25) is 0 Å². The van der Waals surface area contributed by atoms with Crippen LogP contribution in [0.5, 0.6) is 6.01 Å². The Morgan fingerprint density at radius 1 is 1.06 bits per heavy atom. The van der Waals surface area contributed by atoms with E-state index in [1.165, 1.54) is 0 Å². The molecular formula is C35H34ClFN6O4. The molecule has 1 amide bonds. The quantitative estimate of drug-likeness (QED) is 0.261. The molecule has 0 aliphatic carbocycles. The summed E-state index contributed by atoms with van der Waals surface area (Å²) < 4.78 is 28.3. The molecule has 242 valence electrons. The Hall–Kier alpha value is -4.09. The molecule has 2 bridgehead atoms. The smallest absolute Gasteiger partial charge is 0.319 e. The van der Waals surface area contributed by atoms with Crippen LogP contribution in [0.2, 0.25) is 5.02 Å². The summed E-state index contributed by atoms with van der Waals surface area (Å²) in [6, 6.07) is 11.2. The number of carbonyl (C=O) groups is 2. The number of hydrogen-bond acceptors (Lipinski definition) is 9. The van der Waals surface area contributed by atoms with Gasteiger partial charge in [-0.1, -0.05) is 41.9 Å². The fraction of sp³-hybridized carbons (Fsp3) is 0.457. The van der Waals surface area contributed by atoms with E-state index in [-0.39, 0.29) is 53.1 Å². The van der Waals surface area contributed by atoms with Gasteiger partial charge in [0.15, 0.2) is 11.9 Å². The monoisotopic (exact) mass is 656 g/mol. The van der Waals surface area contributed by atoms with E-state index in [0.717, 1.165) is 62.4 Å². The average Bonchev–Trinajstić information content (AvgIpc) is 3.72. The molecule has 2 aromatic carbocycles. The number of nitrogens with zero attached hydrogens (tertiary/aromatic N) is 6. The normalized spacial score (nSPS) is 24.9. The summed E-state index contributed by atoms with van der Waals surface area (Å²) >= 11 is 6.63. The number of esters is 1. The molecule has 5 aliphatic rings. The van der Waals surface area contributed by atoms with E-state index < -0.39 is 11.9 Å². The number of halogens is 2. The maximum absolute atomic E-state index is 16.8. The maximum Gasteiger partial charge on any atom is 0.319 e. The van der Waals surface area contributed by atoms with Crippen LogP contribution >= 0.6 is 11.6 Å². The van der Waals surface area contributed by atoms with E-state index >= 15 is 4.39 Å². The third kappa shape index (κ3) is 4.64. The second-order valence-corrected chi connectivity index (χ2v) is 14.0. The summed E-state index contributed by atoms with van der Waals surface area (Å²) in [5, 5.41) is 2.62. The summed E-state index contributed by atoms with van der Waals surface area (Å²) in [7, 11) is 0. The zero-order valence-electron chi connectivity index (χ0n) is 25.8. The summed E-state index contributed by atoms with van der Waals surface area (Å²) in [6.07, 6.45) is 7.14. The molecule has 4 aromatic rings. The topological polar surface area (TPSA) is 101 Å². The first-order valence-corrected chi connectivity index (χ1v) is 16.9. The number of aromatic nitrogens is 3. The van der Waals surface area contributed by atoms with Gasteiger partial charge < -0.3 is 19.3 Å². The lowest BCUT2D eigenvalue weighted by Gasteiger charge is -2.43. The lowest BCUT2D eigenvalue weighted by molar-refractivity contribution is -0.180. The lowest BCUT2D eigenvalue weighted by atomic mass is 9.95. The van der Waals surface area contributed by atoms with Gasteiger partial charge in [0.25, 0.3) is 5.91 Å². The predicted molar refractivity (Wildman–Crippen MR) is 174 cm³/mol. The number of ether oxygens (including phenoxy) is 2. The molecule has 5 fully saturated rings. The Morgan fingerprint density at radius 3 is 2.51 bits per heavy atom. The standard InChI is InChI=1S/C35H34ClFN6O4/c36-25-8-2-6-20-5-1-7-23(28(20)25)30-29(37)31-24(16-38-30)32(40-34(39-31)46-19-35-11-3-13-42(35)14-4-12-35)41-17-21-9-10-22(18-41)43(21)33(45)26-15-27(44)47-26/h1-2,5-8,16,21-22,26H,3-4,9-15,17-19H2/t21-,22+,26-/m0/s1. The number of cyclic esters (lactones) is 1. The molecule has 5 saturated heterocycles. The van der Waals surface area contributed by atoms with Crippen LogP contribution in [0.25, 0.3) is 32.9 Å². The van der Waals surface area contributed by atoms with Crippen LogP contribution in [0.4, 0.5) is 10.2 Å². The first-order chi connectivity index (χ1) is 22.9. The van der Waals surface area contributed by atoms with Crippen LogP contribution in [0.15, 0.2) is 42.6 Å². The third-order valence-corrected chi connectivity index (χ3v) is 11.3. The Balaban J connectivity index is 1.12. The van der Waals surface area contributed by atoms with Crippen LogP contribution in [0.1, 0.15) is 44.9 Å². The maximum atomic E-state index is 16.8. The van der Waals surface area contributed by atoms with E-state index in [9.17, 15) is 9.59 Å². The van der Waals surface area contributed by atoms with Crippen LogP contribution in [-0.4, -0.2) is 93.1 Å². The Labute approximate surface area is 275 Å². The highest BCUT2D eigenvalue weighted by Crippen LogP contribution is 2.42. The van der Waals surface area contributed by atoms with Gasteiger partial charge >= 0.3 is 12.0 Å². The van der Waals surface area contributed by atoms with Crippen molar-refractivity contribution in [2.45, 2.75) is 68.7 Å². The summed E-state index contributed by atoms with van der Waals surface area (Å²) in [4.78, 5) is 45.4. The first kappa shape index (κ1) is 29.1. The number of anilines is 1. The highest BCUT2D eigenvalue weighted by Gasteiger charge is 2.49. The van der Waals surface area contributed by atoms with Gasteiger partial charge in [-0.15, -0.1) is 0 Å². The number of hydrogen-bond donors (Lipinski definition) is 0. The number of amides is 1. The van der Waals surface area contributed by atoms with E-state index in [0.29, 0.717) is 41.5 Å². The van der Waals surface area contributed by atoms with Crippen molar-refractivity contribution in [2.24, 2.45) is 0 Å². The minimum atomic E-state index is -0.693. The van der Waals surface area contributed by atoms with Crippen molar-refractivity contribution in [3.63, 3.8) is 0 Å². The highest BCUT2D eigenvalue weighted by atomic mass is 35.5. The molecule has 0 saturated carbocycles. The van der Waals surface area contributed by atoms with Gasteiger partial charge in [0, 0.05) is 47.3 Å². The first-order valence-electron chi connectivity index (χ1n) is 16.6. The average molecular weight is 657 g/mol. The second-order valence-electron chi connectivity index (χ2n) is 13.6. The van der Waals surface area contributed by atoms with Crippen molar-refractivity contribution < 1.29 is 23.5 Å². The van der Waals surface area contributed by atoms with Crippen LogP contribution < -0.4 is 9.64 Å². The summed E-state index contributed by atoms with van der Waals surface area (Å²) in [5.41, 5.74) is 0.853. The Morgan fingerprint density at radius 2 is 1.79 bits per heavy atom. The summed E-state index contributed by atoms with van der Waals surface area (Å²) in [6.45, 7) is 3.60. The molecule has 12 heteroatoms. The Bertz CT molecular complexity index is 1920. The van der Waals surface area contributed by atoms with Crippen molar-refractivity contribution in [1.29, 1.82) is 0 Å². The highest BCUT2D eigenvalue weighted by molar-refractivity contribution is 6.36. The predicted octanol–water partition coefficient (Wildman–Crippen LogP) is 5.14. The van der Waals surface area contributed by atoms with Crippen molar-refractivity contribution in [2.75, 3.05) is 37.7 Å². The molecule has 9 rings (SSSR count). The minimum Gasteiger partial charge on any atom is -0.461 e. The van der Waals surface area contributed by atoms with Gasteiger partial charge in [-0.3, -0.25) is 19.5 Å². The van der Waals surface area contributed by atoms with Crippen molar-refractivity contribution in [1.82, 2.24) is 24.8 Å². The van der Waals surface area contributed by atoms with Crippen molar-refractivity contribution in [3.8, 4) is 17.3 Å². The number of rotatable bonds is 6. The van der Waals surface area contributed by atoms with Gasteiger partial charge in [-0.25, -0.2) is 4.39 Å². The molecule has 0 N–H and O–H groups in total. The molecule has 2 aromatic heterocycles. The Kier molecular flexibility index (Phi) is 6.80. The molecular weight excluding hydrogens is 623 g/mol. The zero-order valence-corrected chi connectivity index (χ0v) is 26.6. The number of benzene rings is 2. The van der Waals surface area contributed by atoms with Crippen LogP contribution in [-0.2, 0) is 14.3 Å². The SMILES string of the molecule is O=C1C[C@@H](C(=O)N2[C@@H]3CC[C@H]2CN(c2nc(OCC45CCCN4CCC5)nc4c(F)c(-c5cccc6cccc(Cl)c56)ncc24)C3)O1. The number of pyridine rings is 1. The molecule has 0 spiro atoms. The van der Waals surface area contributed by atoms with E-state index in [1.54, 1.807) is 12.3 Å². The molecule has 7 heterocycles. The molecule has 0 radical (unpaired) electrons. The van der Waals surface area contributed by atoms with Crippen molar-refractivity contribution in [3.05, 3.63) is 53.4 Å².